The molecular weight excluding hydrogens is 438 g/mol. The van der Waals surface area contributed by atoms with Crippen molar-refractivity contribution in [3.63, 3.8) is 0 Å². The first-order valence-corrected chi connectivity index (χ1v) is 12.3. The first kappa shape index (κ1) is 22.8. The molecule has 0 saturated heterocycles. The summed E-state index contributed by atoms with van der Waals surface area (Å²) in [5.41, 5.74) is 1.64. The van der Waals surface area contributed by atoms with Crippen LogP contribution in [0.5, 0.6) is 5.75 Å². The fourth-order valence-electron chi connectivity index (χ4n) is 3.39. The van der Waals surface area contributed by atoms with E-state index in [0.717, 1.165) is 32.1 Å². The van der Waals surface area contributed by atoms with Crippen LogP contribution in [0.15, 0.2) is 47.3 Å². The fourth-order valence-corrected chi connectivity index (χ4v) is 5.62. The zero-order valence-corrected chi connectivity index (χ0v) is 19.6. The summed E-state index contributed by atoms with van der Waals surface area (Å²) in [4.78, 5) is 25.1. The highest BCUT2D eigenvalue weighted by Crippen LogP contribution is 2.26. The molecule has 0 aliphatic carbocycles. The molecule has 0 fully saturated rings. The highest BCUT2D eigenvalue weighted by Gasteiger charge is 2.29. The maximum absolute atomic E-state index is 12.9. The van der Waals surface area contributed by atoms with E-state index in [0.29, 0.717) is 17.1 Å². The van der Waals surface area contributed by atoms with E-state index in [9.17, 15) is 18.0 Å². The minimum atomic E-state index is -3.73. The second-order valence-electron chi connectivity index (χ2n) is 7.44. The number of amides is 1. The number of anilines is 2. The maximum Gasteiger partial charge on any atom is 0.308 e. The van der Waals surface area contributed by atoms with Crippen molar-refractivity contribution in [1.82, 2.24) is 4.57 Å². The van der Waals surface area contributed by atoms with Crippen LogP contribution in [0.4, 0.5) is 11.4 Å². The summed E-state index contributed by atoms with van der Waals surface area (Å²) >= 11 is 1.11. The number of fused-ring (bicyclic) bond motifs is 1. The molecule has 0 radical (unpaired) electrons. The largest absolute Gasteiger partial charge is 0.497 e. The summed E-state index contributed by atoms with van der Waals surface area (Å²) in [6.07, 6.45) is 1.05. The van der Waals surface area contributed by atoms with Crippen LogP contribution in [0.25, 0.3) is 10.2 Å². The molecule has 1 heterocycles. The van der Waals surface area contributed by atoms with Crippen molar-refractivity contribution < 1.29 is 17.9 Å². The zero-order chi connectivity index (χ0) is 22.9. The van der Waals surface area contributed by atoms with Gasteiger partial charge in [-0.2, -0.15) is 0 Å². The van der Waals surface area contributed by atoms with Gasteiger partial charge >= 0.3 is 4.87 Å². The van der Waals surface area contributed by atoms with Crippen LogP contribution < -0.4 is 19.2 Å². The number of thiazole rings is 1. The molecule has 10 heteroatoms. The van der Waals surface area contributed by atoms with Crippen LogP contribution in [-0.2, 0) is 14.8 Å². The van der Waals surface area contributed by atoms with E-state index in [4.69, 9.17) is 4.74 Å². The van der Waals surface area contributed by atoms with E-state index < -0.39 is 22.0 Å². The molecule has 1 aromatic heterocycles. The number of nitrogens with one attached hydrogen (secondary N) is 1. The first-order valence-electron chi connectivity index (χ1n) is 9.62. The third-order valence-corrected chi connectivity index (χ3v) is 6.97. The molecule has 0 bridgehead atoms. The van der Waals surface area contributed by atoms with Gasteiger partial charge in [-0.25, -0.2) is 8.42 Å². The summed E-state index contributed by atoms with van der Waals surface area (Å²) < 4.78 is 33.5. The van der Waals surface area contributed by atoms with E-state index in [2.05, 4.69) is 5.32 Å². The number of hydrogen-bond acceptors (Lipinski definition) is 6. The molecule has 0 saturated carbocycles. The molecular formula is C21H25N3O5S2. The predicted octanol–water partition coefficient (Wildman–Crippen LogP) is 3.45. The lowest BCUT2D eigenvalue weighted by Crippen LogP contribution is -2.45. The van der Waals surface area contributed by atoms with Gasteiger partial charge in [0.05, 0.1) is 29.3 Å². The van der Waals surface area contributed by atoms with E-state index in [1.807, 2.05) is 13.8 Å². The number of nitrogens with zero attached hydrogens (tertiary/aromatic N) is 2. The Morgan fingerprint density at radius 3 is 2.32 bits per heavy atom. The average Bonchev–Trinajstić information content (AvgIpc) is 3.02. The monoisotopic (exact) mass is 463 g/mol. The molecule has 0 aliphatic heterocycles. The number of benzene rings is 2. The van der Waals surface area contributed by atoms with Crippen LogP contribution in [0, 0.1) is 0 Å². The van der Waals surface area contributed by atoms with E-state index in [1.54, 1.807) is 47.0 Å². The number of rotatable bonds is 7. The smallest absolute Gasteiger partial charge is 0.308 e. The van der Waals surface area contributed by atoms with Gasteiger partial charge in [0.15, 0.2) is 0 Å². The zero-order valence-electron chi connectivity index (χ0n) is 17.9. The number of aromatic nitrogens is 1. The first-order chi connectivity index (χ1) is 14.5. The number of hydrogen-bond donors (Lipinski definition) is 1. The van der Waals surface area contributed by atoms with Gasteiger partial charge in [0, 0.05) is 11.7 Å². The van der Waals surface area contributed by atoms with Gasteiger partial charge in [0.1, 0.15) is 11.8 Å². The molecule has 3 aromatic rings. The standard InChI is InChI=1S/C21H25N3O5S2/c1-13(2)23-18-11-6-15(12-19(18)30-21(23)26)22-20(25)14(3)24(31(5,27)28)16-7-9-17(29-4)10-8-16/h6-14H,1-5H3,(H,22,25)/t14-/m1/s1. The molecule has 1 atom stereocenters. The summed E-state index contributed by atoms with van der Waals surface area (Å²) in [6, 6.07) is 10.7. The number of carbonyl (C=O) groups is 1. The summed E-state index contributed by atoms with van der Waals surface area (Å²) in [6.45, 7) is 5.39. The fraction of sp³-hybridized carbons (Fsp3) is 0.333. The molecule has 0 spiro atoms. The van der Waals surface area contributed by atoms with Crippen LogP contribution >= 0.6 is 11.3 Å². The van der Waals surface area contributed by atoms with Crippen LogP contribution in [0.1, 0.15) is 26.8 Å². The van der Waals surface area contributed by atoms with Gasteiger partial charge in [-0.3, -0.25) is 18.5 Å². The van der Waals surface area contributed by atoms with Gasteiger partial charge < -0.3 is 10.1 Å². The van der Waals surface area contributed by atoms with Crippen LogP contribution in [0.3, 0.4) is 0 Å². The van der Waals surface area contributed by atoms with Gasteiger partial charge in [0.2, 0.25) is 15.9 Å². The highest BCUT2D eigenvalue weighted by atomic mass is 32.2. The summed E-state index contributed by atoms with van der Waals surface area (Å²) in [5, 5.41) is 2.76. The number of carbonyl (C=O) groups excluding carboxylic acids is 1. The van der Waals surface area contributed by atoms with Crippen molar-refractivity contribution in [2.75, 3.05) is 23.0 Å². The average molecular weight is 464 g/mol. The van der Waals surface area contributed by atoms with Gasteiger partial charge in [-0.15, -0.1) is 0 Å². The van der Waals surface area contributed by atoms with Crippen molar-refractivity contribution in [2.45, 2.75) is 32.9 Å². The van der Waals surface area contributed by atoms with E-state index in [1.165, 1.54) is 14.0 Å². The predicted molar refractivity (Wildman–Crippen MR) is 125 cm³/mol. The third-order valence-electron chi connectivity index (χ3n) is 4.81. The Bertz CT molecular complexity index is 1260. The lowest BCUT2D eigenvalue weighted by atomic mass is 10.2. The van der Waals surface area contributed by atoms with Gasteiger partial charge in [-0.05, 0) is 63.2 Å². The number of ether oxygens (including phenoxy) is 1. The molecule has 1 amide bonds. The van der Waals surface area contributed by atoms with Crippen molar-refractivity contribution >= 4 is 48.9 Å². The van der Waals surface area contributed by atoms with Gasteiger partial charge in [0.25, 0.3) is 0 Å². The van der Waals surface area contributed by atoms with E-state index in [-0.39, 0.29) is 10.9 Å². The lowest BCUT2D eigenvalue weighted by Gasteiger charge is -2.28. The molecule has 1 N–H and O–H groups in total. The minimum Gasteiger partial charge on any atom is -0.497 e. The Labute approximate surface area is 185 Å². The Hall–Kier alpha value is -2.85. The molecule has 0 unspecified atom stereocenters. The molecule has 0 aliphatic rings. The lowest BCUT2D eigenvalue weighted by molar-refractivity contribution is -0.116. The van der Waals surface area contributed by atoms with Crippen LogP contribution in [-0.4, -0.2) is 38.3 Å². The molecule has 2 aromatic carbocycles. The van der Waals surface area contributed by atoms with E-state index >= 15 is 0 Å². The summed E-state index contributed by atoms with van der Waals surface area (Å²) in [7, 11) is -2.22. The Kier molecular flexibility index (Phi) is 6.42. The third kappa shape index (κ3) is 4.75. The quantitative estimate of drug-likeness (QED) is 0.579. The SMILES string of the molecule is COc1ccc(N([C@H](C)C(=O)Nc2ccc3c(c2)sc(=O)n3C(C)C)S(C)(=O)=O)cc1. The second kappa shape index (κ2) is 8.72. The van der Waals surface area contributed by atoms with Gasteiger partial charge in [-0.1, -0.05) is 11.3 Å². The molecule has 31 heavy (non-hydrogen) atoms. The van der Waals surface area contributed by atoms with Crippen molar-refractivity contribution in [3.05, 3.63) is 52.1 Å². The summed E-state index contributed by atoms with van der Waals surface area (Å²) in [5.74, 6) is 0.0890. The minimum absolute atomic E-state index is 0.0227. The number of methoxy groups -OCH3 is 1. The van der Waals surface area contributed by atoms with Crippen LogP contribution in [0.2, 0.25) is 0 Å². The molecule has 3 rings (SSSR count). The Morgan fingerprint density at radius 2 is 1.77 bits per heavy atom. The molecule has 8 nitrogen and oxygen atoms in total. The number of sulfonamides is 1. The van der Waals surface area contributed by atoms with Crippen molar-refractivity contribution in [2.24, 2.45) is 0 Å². The molecule has 166 valence electrons. The Morgan fingerprint density at radius 1 is 1.13 bits per heavy atom. The normalized spacial score (nSPS) is 12.7. The second-order valence-corrected chi connectivity index (χ2v) is 10.3. The topological polar surface area (TPSA) is 97.7 Å². The van der Waals surface area contributed by atoms with Crippen molar-refractivity contribution in [1.29, 1.82) is 0 Å². The maximum atomic E-state index is 12.9. The Balaban J connectivity index is 1.89. The highest BCUT2D eigenvalue weighted by molar-refractivity contribution is 7.92. The van der Waals surface area contributed by atoms with Crippen molar-refractivity contribution in [3.8, 4) is 5.75 Å².